The fourth-order valence-electron chi connectivity index (χ4n) is 7.10. The maximum atomic E-state index is 12.6. The molecule has 1 heterocycles. The number of esters is 1. The van der Waals surface area contributed by atoms with Crippen molar-refractivity contribution in [2.24, 2.45) is 23.2 Å². The summed E-state index contributed by atoms with van der Waals surface area (Å²) in [5.41, 5.74) is 1.03. The van der Waals surface area contributed by atoms with E-state index in [1.165, 1.54) is 12.7 Å². The van der Waals surface area contributed by atoms with Crippen LogP contribution in [0, 0.1) is 46.9 Å². The predicted molar refractivity (Wildman–Crippen MR) is 187 cm³/mol. The number of nitrogens with one attached hydrogen (secondary N) is 1. The van der Waals surface area contributed by atoms with Crippen LogP contribution in [0.4, 0.5) is 0 Å². The highest BCUT2D eigenvalue weighted by Crippen LogP contribution is 2.60. The standard InChI is InChI=1S/C39H53NO7S/c1-4-5-16-30(2)35(41)23-22-33-34-27-31(17-10-11-20-37(42)45-3)28-39(34,29-36(33)47-38-21-12-15-26-46-38)24-13-7-14-25-40-48(43,44)32-18-8-6-9-19-32/h6,8-9,17-19,22-23,30,33-36,38,40-41H,7,10-12,14-16,20-21,25-29H2,1-3H3/b23-22+,31-17+/t30?,33-,34-,35-,36-,38?,39+/m1/s1. The topological polar surface area (TPSA) is 111 Å². The number of hydrogen-bond donors (Lipinski definition) is 2. The number of carbonyl (C=O) groups is 1. The largest absolute Gasteiger partial charge is 0.469 e. The number of aliphatic hydroxyl groups excluding tert-OH is 1. The van der Waals surface area contributed by atoms with E-state index >= 15 is 0 Å². The van der Waals surface area contributed by atoms with Gasteiger partial charge in [-0.15, -0.1) is 17.8 Å². The van der Waals surface area contributed by atoms with Crippen LogP contribution in [0.25, 0.3) is 0 Å². The van der Waals surface area contributed by atoms with E-state index in [9.17, 15) is 18.3 Å². The van der Waals surface area contributed by atoms with Gasteiger partial charge in [0.2, 0.25) is 10.0 Å². The van der Waals surface area contributed by atoms with Gasteiger partial charge in [-0.05, 0) is 88.7 Å². The molecule has 3 fully saturated rings. The number of rotatable bonds is 15. The van der Waals surface area contributed by atoms with Crippen LogP contribution < -0.4 is 4.72 Å². The lowest BCUT2D eigenvalue weighted by atomic mass is 9.78. The molecule has 8 nitrogen and oxygen atoms in total. The maximum Gasteiger partial charge on any atom is 0.305 e. The normalized spacial score (nSPS) is 27.5. The molecule has 9 heteroatoms. The second-order valence-corrected chi connectivity index (χ2v) is 15.1. The second-order valence-electron chi connectivity index (χ2n) is 13.3. The first-order chi connectivity index (χ1) is 23.2. The molecule has 7 atom stereocenters. The number of fused-ring (bicyclic) bond motifs is 1. The van der Waals surface area contributed by atoms with E-state index in [4.69, 9.17) is 14.2 Å². The predicted octanol–water partition coefficient (Wildman–Crippen LogP) is 6.31. The number of methoxy groups -OCH3 is 1. The Kier molecular flexibility index (Phi) is 14.8. The molecule has 1 aromatic rings. The van der Waals surface area contributed by atoms with E-state index in [1.807, 2.05) is 19.9 Å². The van der Waals surface area contributed by atoms with Crippen molar-refractivity contribution in [3.05, 3.63) is 54.1 Å². The number of ether oxygens (including phenoxy) is 3. The van der Waals surface area contributed by atoms with Crippen LogP contribution >= 0.6 is 0 Å². The minimum atomic E-state index is -3.56. The SMILES string of the molecule is CC#CCC(C)[C@H](O)/C=C/[C@@H]1[C@H]2C/C(=C\CCCC(=O)OC)C[C@@]2(C#CCCCNS(=O)(=O)c2ccccc2)C[C@H]1OC1CCCCO1. The van der Waals surface area contributed by atoms with Crippen LogP contribution in [0.5, 0.6) is 0 Å². The van der Waals surface area contributed by atoms with Gasteiger partial charge in [0, 0.05) is 43.7 Å². The Hall–Kier alpha value is -2.92. The first kappa shape index (κ1) is 37.9. The minimum absolute atomic E-state index is 0.00820. The van der Waals surface area contributed by atoms with Gasteiger partial charge in [0.05, 0.1) is 24.2 Å². The lowest BCUT2D eigenvalue weighted by Crippen LogP contribution is -2.31. The third kappa shape index (κ3) is 10.8. The average molecular weight is 680 g/mol. The van der Waals surface area contributed by atoms with Crippen LogP contribution in [0.15, 0.2) is 59.0 Å². The molecule has 2 saturated carbocycles. The van der Waals surface area contributed by atoms with Crippen molar-refractivity contribution >= 4 is 16.0 Å². The van der Waals surface area contributed by atoms with E-state index in [2.05, 4.69) is 40.6 Å². The van der Waals surface area contributed by atoms with E-state index in [0.717, 1.165) is 51.4 Å². The molecule has 0 amide bonds. The van der Waals surface area contributed by atoms with Crippen LogP contribution in [0.3, 0.4) is 0 Å². The molecule has 48 heavy (non-hydrogen) atoms. The summed E-state index contributed by atoms with van der Waals surface area (Å²) in [5.74, 6) is 13.2. The highest BCUT2D eigenvalue weighted by atomic mass is 32.2. The average Bonchev–Trinajstić information content (AvgIpc) is 3.58. The lowest BCUT2D eigenvalue weighted by molar-refractivity contribution is -0.193. The highest BCUT2D eigenvalue weighted by Gasteiger charge is 2.56. The Bertz CT molecular complexity index is 1480. The molecule has 2 aliphatic carbocycles. The molecule has 1 aliphatic heterocycles. The number of hydrogen-bond acceptors (Lipinski definition) is 7. The van der Waals surface area contributed by atoms with Crippen molar-refractivity contribution in [2.45, 2.75) is 114 Å². The first-order valence-corrected chi connectivity index (χ1v) is 19.0. The van der Waals surface area contributed by atoms with E-state index < -0.39 is 16.1 Å². The zero-order chi connectivity index (χ0) is 34.4. The van der Waals surface area contributed by atoms with Crippen molar-refractivity contribution in [2.75, 3.05) is 20.3 Å². The Morgan fingerprint density at radius 2 is 2.02 bits per heavy atom. The molecule has 1 aromatic carbocycles. The molecule has 2 unspecified atom stereocenters. The van der Waals surface area contributed by atoms with Gasteiger partial charge in [-0.2, -0.15) is 0 Å². The van der Waals surface area contributed by atoms with E-state index in [0.29, 0.717) is 38.8 Å². The summed E-state index contributed by atoms with van der Waals surface area (Å²) >= 11 is 0. The molecule has 262 valence electrons. The fourth-order valence-corrected chi connectivity index (χ4v) is 8.19. The first-order valence-electron chi connectivity index (χ1n) is 17.5. The summed E-state index contributed by atoms with van der Waals surface area (Å²) in [7, 11) is -2.14. The van der Waals surface area contributed by atoms with Gasteiger partial charge in [0.15, 0.2) is 6.29 Å². The molecule has 3 aliphatic rings. The number of allylic oxidation sites excluding steroid dienone is 2. The Balaban J connectivity index is 1.52. The summed E-state index contributed by atoms with van der Waals surface area (Å²) in [6.07, 6.45) is 14.5. The van der Waals surface area contributed by atoms with Gasteiger partial charge >= 0.3 is 5.97 Å². The van der Waals surface area contributed by atoms with Crippen LogP contribution in [-0.4, -0.2) is 58.3 Å². The lowest BCUT2D eigenvalue weighted by Gasteiger charge is -2.29. The number of benzene rings is 1. The molecule has 0 radical (unpaired) electrons. The fraction of sp³-hybridized carbons (Fsp3) is 0.615. The number of unbranched alkanes of at least 4 members (excludes halogenated alkanes) is 2. The van der Waals surface area contributed by atoms with Gasteiger partial charge in [-0.25, -0.2) is 13.1 Å². The third-order valence-corrected chi connectivity index (χ3v) is 11.3. The van der Waals surface area contributed by atoms with Gasteiger partial charge < -0.3 is 19.3 Å². The molecule has 0 aromatic heterocycles. The zero-order valence-corrected chi connectivity index (χ0v) is 29.6. The molecular weight excluding hydrogens is 626 g/mol. The van der Waals surface area contributed by atoms with Gasteiger partial charge in [0.1, 0.15) is 0 Å². The van der Waals surface area contributed by atoms with Crippen molar-refractivity contribution in [3.8, 4) is 23.7 Å². The van der Waals surface area contributed by atoms with Gasteiger partial charge in [-0.3, -0.25) is 4.79 Å². The molecule has 0 bridgehead atoms. The Morgan fingerprint density at radius 3 is 2.75 bits per heavy atom. The summed E-state index contributed by atoms with van der Waals surface area (Å²) in [6, 6.07) is 8.39. The van der Waals surface area contributed by atoms with E-state index in [-0.39, 0.29) is 46.4 Å². The number of sulfonamides is 1. The molecule has 0 spiro atoms. The molecular formula is C39H53NO7S. The monoisotopic (exact) mass is 679 g/mol. The second kappa shape index (κ2) is 18.7. The third-order valence-electron chi connectivity index (χ3n) is 9.78. The van der Waals surface area contributed by atoms with Crippen molar-refractivity contribution in [1.82, 2.24) is 4.72 Å². The molecule has 1 saturated heterocycles. The van der Waals surface area contributed by atoms with Gasteiger partial charge in [-0.1, -0.05) is 54.8 Å². The van der Waals surface area contributed by atoms with E-state index in [1.54, 1.807) is 30.3 Å². The quantitative estimate of drug-likeness (QED) is 0.0967. The van der Waals surface area contributed by atoms with Crippen LogP contribution in [0.1, 0.15) is 90.9 Å². The highest BCUT2D eigenvalue weighted by molar-refractivity contribution is 7.89. The van der Waals surface area contributed by atoms with Crippen molar-refractivity contribution in [1.29, 1.82) is 0 Å². The number of aliphatic hydroxyl groups is 1. The summed E-state index contributed by atoms with van der Waals surface area (Å²) in [6.45, 7) is 4.83. The van der Waals surface area contributed by atoms with Crippen molar-refractivity contribution in [3.63, 3.8) is 0 Å². The summed E-state index contributed by atoms with van der Waals surface area (Å²) < 4.78 is 45.4. The Morgan fingerprint density at radius 1 is 1.21 bits per heavy atom. The van der Waals surface area contributed by atoms with Crippen LogP contribution in [0.2, 0.25) is 0 Å². The van der Waals surface area contributed by atoms with Crippen molar-refractivity contribution < 1.29 is 32.5 Å². The summed E-state index contributed by atoms with van der Waals surface area (Å²) in [5, 5.41) is 11.0. The minimum Gasteiger partial charge on any atom is -0.469 e. The number of carbonyl (C=O) groups excluding carboxylic acids is 1. The Labute approximate surface area is 288 Å². The molecule has 4 rings (SSSR count). The maximum absolute atomic E-state index is 12.6. The smallest absolute Gasteiger partial charge is 0.305 e. The van der Waals surface area contributed by atoms with Crippen LogP contribution in [-0.2, 0) is 29.0 Å². The zero-order valence-electron chi connectivity index (χ0n) is 28.8. The summed E-state index contributed by atoms with van der Waals surface area (Å²) in [4.78, 5) is 11.9. The van der Waals surface area contributed by atoms with Gasteiger partial charge in [0.25, 0.3) is 0 Å². The molecule has 2 N–H and O–H groups in total.